The summed E-state index contributed by atoms with van der Waals surface area (Å²) >= 11 is 6.26. The molecular weight excluding hydrogens is 378 g/mol. The van der Waals surface area contributed by atoms with E-state index in [1.54, 1.807) is 25.3 Å². The second kappa shape index (κ2) is 9.62. The molecule has 0 aliphatic carbocycles. The highest BCUT2D eigenvalue weighted by Gasteiger charge is 2.12. The quantitative estimate of drug-likeness (QED) is 0.505. The number of halogens is 1. The standard InChI is InChI=1S/C22H24ClNO4/c1-3-28-21-15-16(14-19(23)22(21)26-2)4-9-20(25)17-5-7-18(8-6-17)24-10-12-27-13-11-24/h4-9,14-15H,3,10-13H2,1-2H3/b9-4+. The van der Waals surface area contributed by atoms with E-state index in [0.717, 1.165) is 37.6 Å². The molecule has 0 unspecified atom stereocenters. The number of ketones is 1. The number of rotatable bonds is 7. The Hall–Kier alpha value is -2.50. The Balaban J connectivity index is 1.72. The highest BCUT2D eigenvalue weighted by Crippen LogP contribution is 2.36. The van der Waals surface area contributed by atoms with Crippen LogP contribution in [-0.4, -0.2) is 45.8 Å². The van der Waals surface area contributed by atoms with Gasteiger partial charge in [0, 0.05) is 24.3 Å². The molecule has 6 heteroatoms. The summed E-state index contributed by atoms with van der Waals surface area (Å²) in [6.07, 6.45) is 3.27. The molecule has 28 heavy (non-hydrogen) atoms. The van der Waals surface area contributed by atoms with Gasteiger partial charge in [0.15, 0.2) is 17.3 Å². The van der Waals surface area contributed by atoms with Gasteiger partial charge in [-0.05, 0) is 55.0 Å². The average Bonchev–Trinajstić information content (AvgIpc) is 2.73. The molecule has 0 aromatic heterocycles. The number of ether oxygens (including phenoxy) is 3. The van der Waals surface area contributed by atoms with Crippen LogP contribution in [0.2, 0.25) is 5.02 Å². The Morgan fingerprint density at radius 3 is 2.57 bits per heavy atom. The number of hydrogen-bond acceptors (Lipinski definition) is 5. The van der Waals surface area contributed by atoms with Gasteiger partial charge in [0.1, 0.15) is 0 Å². The van der Waals surface area contributed by atoms with Gasteiger partial charge in [0.2, 0.25) is 0 Å². The fourth-order valence-electron chi connectivity index (χ4n) is 3.07. The number of morpholine rings is 1. The van der Waals surface area contributed by atoms with Crippen molar-refractivity contribution >= 4 is 29.1 Å². The van der Waals surface area contributed by atoms with Crippen LogP contribution in [-0.2, 0) is 4.74 Å². The van der Waals surface area contributed by atoms with Crippen molar-refractivity contribution in [1.29, 1.82) is 0 Å². The van der Waals surface area contributed by atoms with Gasteiger partial charge in [0.05, 0.1) is 32.0 Å². The third-order valence-corrected chi connectivity index (χ3v) is 4.77. The fourth-order valence-corrected chi connectivity index (χ4v) is 3.37. The molecule has 1 aliphatic rings. The summed E-state index contributed by atoms with van der Waals surface area (Å²) in [5, 5.41) is 0.440. The Morgan fingerprint density at radius 2 is 1.93 bits per heavy atom. The first-order valence-corrected chi connectivity index (χ1v) is 9.65. The lowest BCUT2D eigenvalue weighted by Crippen LogP contribution is -2.36. The summed E-state index contributed by atoms with van der Waals surface area (Å²) in [4.78, 5) is 14.8. The molecule has 2 aromatic carbocycles. The van der Waals surface area contributed by atoms with Crippen molar-refractivity contribution in [3.8, 4) is 11.5 Å². The van der Waals surface area contributed by atoms with Gasteiger partial charge >= 0.3 is 0 Å². The van der Waals surface area contributed by atoms with E-state index in [1.807, 2.05) is 31.2 Å². The fraction of sp³-hybridized carbons (Fsp3) is 0.318. The largest absolute Gasteiger partial charge is 0.491 e. The van der Waals surface area contributed by atoms with E-state index in [-0.39, 0.29) is 5.78 Å². The average molecular weight is 402 g/mol. The predicted octanol–water partition coefficient (Wildman–Crippen LogP) is 4.48. The first kappa shape index (κ1) is 20.2. The van der Waals surface area contributed by atoms with Crippen LogP contribution < -0.4 is 14.4 Å². The molecule has 0 saturated carbocycles. The Morgan fingerprint density at radius 1 is 1.21 bits per heavy atom. The number of anilines is 1. The molecule has 1 heterocycles. The van der Waals surface area contributed by atoms with Gasteiger partial charge in [0.25, 0.3) is 0 Å². The first-order chi connectivity index (χ1) is 13.6. The maximum Gasteiger partial charge on any atom is 0.185 e. The topological polar surface area (TPSA) is 48.0 Å². The molecule has 1 saturated heterocycles. The van der Waals surface area contributed by atoms with E-state index in [1.165, 1.54) is 6.08 Å². The summed E-state index contributed by atoms with van der Waals surface area (Å²) in [6, 6.07) is 11.2. The van der Waals surface area contributed by atoms with Gasteiger partial charge in [-0.1, -0.05) is 17.7 Å². The lowest BCUT2D eigenvalue weighted by Gasteiger charge is -2.28. The minimum Gasteiger partial charge on any atom is -0.491 e. The number of benzene rings is 2. The van der Waals surface area contributed by atoms with E-state index in [9.17, 15) is 4.79 Å². The SMILES string of the molecule is CCOc1cc(/C=C/C(=O)c2ccc(N3CCOCC3)cc2)cc(Cl)c1OC. The number of methoxy groups -OCH3 is 1. The van der Waals surface area contributed by atoms with Gasteiger partial charge in [-0.15, -0.1) is 0 Å². The molecular formula is C22H24ClNO4. The molecule has 5 nitrogen and oxygen atoms in total. The molecule has 0 N–H and O–H groups in total. The van der Waals surface area contributed by atoms with E-state index >= 15 is 0 Å². The summed E-state index contributed by atoms with van der Waals surface area (Å²) in [5.74, 6) is 0.976. The van der Waals surface area contributed by atoms with Crippen LogP contribution in [0.1, 0.15) is 22.8 Å². The molecule has 0 radical (unpaired) electrons. The highest BCUT2D eigenvalue weighted by atomic mass is 35.5. The molecule has 2 aromatic rings. The van der Waals surface area contributed by atoms with Gasteiger partial charge < -0.3 is 19.1 Å². The molecule has 0 bridgehead atoms. The summed E-state index contributed by atoms with van der Waals surface area (Å²) in [6.45, 7) is 5.59. The van der Waals surface area contributed by atoms with Crippen molar-refractivity contribution in [2.75, 3.05) is 44.9 Å². The Bertz CT molecular complexity index is 842. The van der Waals surface area contributed by atoms with Crippen LogP contribution in [0.25, 0.3) is 6.08 Å². The van der Waals surface area contributed by atoms with Crippen molar-refractivity contribution in [3.63, 3.8) is 0 Å². The number of carbonyl (C=O) groups excluding carboxylic acids is 1. The monoisotopic (exact) mass is 401 g/mol. The van der Waals surface area contributed by atoms with Crippen molar-refractivity contribution < 1.29 is 19.0 Å². The molecule has 0 spiro atoms. The summed E-state index contributed by atoms with van der Waals surface area (Å²) in [5.41, 5.74) is 2.51. The Kier molecular flexibility index (Phi) is 6.95. The lowest BCUT2D eigenvalue weighted by molar-refractivity contribution is 0.104. The lowest BCUT2D eigenvalue weighted by atomic mass is 10.1. The number of carbonyl (C=O) groups is 1. The van der Waals surface area contributed by atoms with Crippen LogP contribution >= 0.6 is 11.6 Å². The molecule has 3 rings (SSSR count). The van der Waals surface area contributed by atoms with Crippen molar-refractivity contribution in [2.45, 2.75) is 6.92 Å². The van der Waals surface area contributed by atoms with Crippen LogP contribution in [0.5, 0.6) is 11.5 Å². The van der Waals surface area contributed by atoms with E-state index in [4.69, 9.17) is 25.8 Å². The molecule has 0 atom stereocenters. The third kappa shape index (κ3) is 4.86. The number of allylic oxidation sites excluding steroid dienone is 1. The maximum absolute atomic E-state index is 12.5. The first-order valence-electron chi connectivity index (χ1n) is 9.28. The number of nitrogens with zero attached hydrogens (tertiary/aromatic N) is 1. The highest BCUT2D eigenvalue weighted by molar-refractivity contribution is 6.32. The summed E-state index contributed by atoms with van der Waals surface area (Å²) < 4.78 is 16.2. The maximum atomic E-state index is 12.5. The van der Waals surface area contributed by atoms with Crippen LogP contribution in [0.3, 0.4) is 0 Å². The van der Waals surface area contributed by atoms with Gasteiger partial charge in [-0.25, -0.2) is 0 Å². The van der Waals surface area contributed by atoms with Crippen LogP contribution in [0.4, 0.5) is 5.69 Å². The Labute approximate surface area is 170 Å². The van der Waals surface area contributed by atoms with Crippen molar-refractivity contribution in [2.24, 2.45) is 0 Å². The van der Waals surface area contributed by atoms with Gasteiger partial charge in [-0.2, -0.15) is 0 Å². The smallest absolute Gasteiger partial charge is 0.185 e. The minimum absolute atomic E-state index is 0.0709. The molecule has 1 aliphatic heterocycles. The minimum atomic E-state index is -0.0709. The van der Waals surface area contributed by atoms with Crippen LogP contribution in [0, 0.1) is 0 Å². The zero-order valence-electron chi connectivity index (χ0n) is 16.1. The predicted molar refractivity (Wildman–Crippen MR) is 112 cm³/mol. The third-order valence-electron chi connectivity index (χ3n) is 4.49. The zero-order chi connectivity index (χ0) is 19.9. The van der Waals surface area contributed by atoms with E-state index in [0.29, 0.717) is 28.7 Å². The van der Waals surface area contributed by atoms with E-state index in [2.05, 4.69) is 4.90 Å². The normalized spacial score (nSPS) is 14.3. The molecule has 0 amide bonds. The van der Waals surface area contributed by atoms with Crippen molar-refractivity contribution in [1.82, 2.24) is 0 Å². The number of hydrogen-bond donors (Lipinski definition) is 0. The van der Waals surface area contributed by atoms with Gasteiger partial charge in [-0.3, -0.25) is 4.79 Å². The molecule has 148 valence electrons. The summed E-state index contributed by atoms with van der Waals surface area (Å²) in [7, 11) is 1.54. The van der Waals surface area contributed by atoms with E-state index < -0.39 is 0 Å². The van der Waals surface area contributed by atoms with Crippen LogP contribution in [0.15, 0.2) is 42.5 Å². The second-order valence-corrected chi connectivity index (χ2v) is 6.72. The second-order valence-electron chi connectivity index (χ2n) is 6.31. The zero-order valence-corrected chi connectivity index (χ0v) is 16.9. The van der Waals surface area contributed by atoms with Crippen molar-refractivity contribution in [3.05, 3.63) is 58.6 Å². The molecule has 1 fully saturated rings.